The molecule has 15 heavy (non-hydrogen) atoms. The topological polar surface area (TPSA) is 30.5 Å². The first-order chi connectivity index (χ1) is 7.01. The lowest BCUT2D eigenvalue weighted by Gasteiger charge is -2.35. The molecule has 0 aromatic rings. The Morgan fingerprint density at radius 3 is 2.40 bits per heavy atom. The van der Waals surface area contributed by atoms with Crippen molar-refractivity contribution in [3.05, 3.63) is 0 Å². The maximum Gasteiger partial charge on any atom is 0.0707 e. The Kier molecular flexibility index (Phi) is 5.03. The van der Waals surface area contributed by atoms with E-state index in [1.54, 1.807) is 0 Å². The smallest absolute Gasteiger partial charge is 0.0707 e. The van der Waals surface area contributed by atoms with Crippen molar-refractivity contribution in [2.45, 2.75) is 45.3 Å². The molecule has 0 aromatic heterocycles. The van der Waals surface area contributed by atoms with Crippen LogP contribution < -0.4 is 5.32 Å². The summed E-state index contributed by atoms with van der Waals surface area (Å²) in [6.07, 6.45) is 2.89. The lowest BCUT2D eigenvalue weighted by Crippen LogP contribution is -2.37. The fraction of sp³-hybridized carbons (Fsp3) is 1.00. The Morgan fingerprint density at radius 1 is 1.20 bits per heavy atom. The van der Waals surface area contributed by atoms with Gasteiger partial charge in [-0.2, -0.15) is 0 Å². The molecule has 0 radical (unpaired) electrons. The molecular weight excluding hydrogens is 190 g/mol. The standard InChI is InChI=1S/C12H25NO2/c1-12(2,3)15-6-5-14-11-7-10(8-11)9-13-4/h10-11,13H,5-9H2,1-4H3. The highest BCUT2D eigenvalue weighted by atomic mass is 16.5. The Morgan fingerprint density at radius 2 is 1.87 bits per heavy atom. The normalized spacial score (nSPS) is 26.4. The van der Waals surface area contributed by atoms with E-state index in [9.17, 15) is 0 Å². The first-order valence-electron chi connectivity index (χ1n) is 5.91. The third kappa shape index (κ3) is 5.50. The summed E-state index contributed by atoms with van der Waals surface area (Å²) in [7, 11) is 2.01. The van der Waals surface area contributed by atoms with Gasteiger partial charge in [0.25, 0.3) is 0 Å². The molecule has 3 heteroatoms. The van der Waals surface area contributed by atoms with Crippen LogP contribution in [0.3, 0.4) is 0 Å². The minimum Gasteiger partial charge on any atom is -0.376 e. The number of rotatable bonds is 6. The van der Waals surface area contributed by atoms with Gasteiger partial charge in [0.1, 0.15) is 0 Å². The van der Waals surface area contributed by atoms with Gasteiger partial charge >= 0.3 is 0 Å². The van der Waals surface area contributed by atoms with Crippen LogP contribution in [-0.2, 0) is 9.47 Å². The molecule has 1 rings (SSSR count). The van der Waals surface area contributed by atoms with Gasteiger partial charge in [0.05, 0.1) is 24.9 Å². The van der Waals surface area contributed by atoms with E-state index in [1.165, 1.54) is 12.8 Å². The van der Waals surface area contributed by atoms with Gasteiger partial charge in [0.15, 0.2) is 0 Å². The van der Waals surface area contributed by atoms with E-state index in [0.717, 1.165) is 19.1 Å². The quantitative estimate of drug-likeness (QED) is 0.686. The highest BCUT2D eigenvalue weighted by molar-refractivity contribution is 4.81. The van der Waals surface area contributed by atoms with Crippen LogP contribution in [0.15, 0.2) is 0 Å². The molecule has 0 heterocycles. The highest BCUT2D eigenvalue weighted by Crippen LogP contribution is 2.29. The summed E-state index contributed by atoms with van der Waals surface area (Å²) >= 11 is 0. The number of nitrogens with one attached hydrogen (secondary N) is 1. The maximum atomic E-state index is 5.70. The van der Waals surface area contributed by atoms with Crippen molar-refractivity contribution in [2.24, 2.45) is 5.92 Å². The van der Waals surface area contributed by atoms with Crippen LogP contribution >= 0.6 is 0 Å². The second kappa shape index (κ2) is 5.83. The summed E-state index contributed by atoms with van der Waals surface area (Å²) in [5.74, 6) is 0.823. The molecule has 0 aromatic carbocycles. The molecule has 0 unspecified atom stereocenters. The SMILES string of the molecule is CNCC1CC(OCCOC(C)(C)C)C1. The predicted octanol–water partition coefficient (Wildman–Crippen LogP) is 1.82. The molecule has 1 saturated carbocycles. The second-order valence-corrected chi connectivity index (χ2v) is 5.35. The Labute approximate surface area is 93.5 Å². The average Bonchev–Trinajstić information content (AvgIpc) is 2.05. The van der Waals surface area contributed by atoms with Crippen molar-refractivity contribution in [2.75, 3.05) is 26.8 Å². The molecule has 0 atom stereocenters. The van der Waals surface area contributed by atoms with Crippen molar-refractivity contribution in [3.63, 3.8) is 0 Å². The Balaban J connectivity index is 1.91. The van der Waals surface area contributed by atoms with E-state index < -0.39 is 0 Å². The van der Waals surface area contributed by atoms with Gasteiger partial charge in [-0.15, -0.1) is 0 Å². The van der Waals surface area contributed by atoms with Gasteiger partial charge in [-0.1, -0.05) is 0 Å². The molecule has 0 bridgehead atoms. The lowest BCUT2D eigenvalue weighted by atomic mass is 9.82. The molecule has 0 saturated heterocycles. The van der Waals surface area contributed by atoms with Crippen LogP contribution in [0.4, 0.5) is 0 Å². The van der Waals surface area contributed by atoms with Gasteiger partial charge in [-0.05, 0) is 53.1 Å². The van der Waals surface area contributed by atoms with Gasteiger partial charge in [-0.25, -0.2) is 0 Å². The summed E-state index contributed by atoms with van der Waals surface area (Å²) in [6.45, 7) is 8.77. The van der Waals surface area contributed by atoms with E-state index in [-0.39, 0.29) is 5.60 Å². The zero-order valence-corrected chi connectivity index (χ0v) is 10.5. The van der Waals surface area contributed by atoms with Gasteiger partial charge in [-0.3, -0.25) is 0 Å². The lowest BCUT2D eigenvalue weighted by molar-refractivity contribution is -0.0797. The van der Waals surface area contributed by atoms with Crippen LogP contribution in [-0.4, -0.2) is 38.5 Å². The molecule has 3 nitrogen and oxygen atoms in total. The summed E-state index contributed by atoms with van der Waals surface area (Å²) in [6, 6.07) is 0. The average molecular weight is 215 g/mol. The number of hydrogen-bond acceptors (Lipinski definition) is 3. The number of ether oxygens (including phenoxy) is 2. The van der Waals surface area contributed by atoms with Gasteiger partial charge < -0.3 is 14.8 Å². The van der Waals surface area contributed by atoms with E-state index in [0.29, 0.717) is 12.7 Å². The zero-order valence-electron chi connectivity index (χ0n) is 10.5. The summed E-state index contributed by atoms with van der Waals surface area (Å²) in [4.78, 5) is 0. The summed E-state index contributed by atoms with van der Waals surface area (Å²) in [5.41, 5.74) is -0.0440. The third-order valence-electron chi connectivity index (χ3n) is 2.66. The molecule has 0 spiro atoms. The minimum atomic E-state index is -0.0440. The van der Waals surface area contributed by atoms with Gasteiger partial charge in [0, 0.05) is 0 Å². The molecule has 1 aliphatic rings. The number of hydrogen-bond donors (Lipinski definition) is 1. The monoisotopic (exact) mass is 215 g/mol. The minimum absolute atomic E-state index is 0.0440. The van der Waals surface area contributed by atoms with E-state index in [4.69, 9.17) is 9.47 Å². The van der Waals surface area contributed by atoms with Crippen molar-refractivity contribution in [1.82, 2.24) is 5.32 Å². The zero-order chi connectivity index (χ0) is 11.3. The molecular formula is C12H25NO2. The van der Waals surface area contributed by atoms with E-state index in [2.05, 4.69) is 26.1 Å². The van der Waals surface area contributed by atoms with Crippen LogP contribution in [0.25, 0.3) is 0 Å². The fourth-order valence-corrected chi connectivity index (χ4v) is 1.83. The second-order valence-electron chi connectivity index (χ2n) is 5.35. The summed E-state index contributed by atoms with van der Waals surface area (Å²) in [5, 5.41) is 3.20. The predicted molar refractivity (Wildman–Crippen MR) is 62.1 cm³/mol. The van der Waals surface area contributed by atoms with E-state index in [1.807, 2.05) is 7.05 Å². The Bertz CT molecular complexity index is 171. The molecule has 0 amide bonds. The maximum absolute atomic E-state index is 5.70. The van der Waals surface area contributed by atoms with Crippen molar-refractivity contribution in [1.29, 1.82) is 0 Å². The van der Waals surface area contributed by atoms with Crippen LogP contribution in [0.1, 0.15) is 33.6 Å². The summed E-state index contributed by atoms with van der Waals surface area (Å²) < 4.78 is 11.3. The largest absolute Gasteiger partial charge is 0.376 e. The van der Waals surface area contributed by atoms with Crippen molar-refractivity contribution in [3.8, 4) is 0 Å². The molecule has 1 aliphatic carbocycles. The van der Waals surface area contributed by atoms with Crippen molar-refractivity contribution < 1.29 is 9.47 Å². The highest BCUT2D eigenvalue weighted by Gasteiger charge is 2.28. The molecule has 1 fully saturated rings. The first kappa shape index (κ1) is 12.9. The van der Waals surface area contributed by atoms with Crippen LogP contribution in [0, 0.1) is 5.92 Å². The van der Waals surface area contributed by atoms with Crippen LogP contribution in [0.5, 0.6) is 0 Å². The van der Waals surface area contributed by atoms with Crippen LogP contribution in [0.2, 0.25) is 0 Å². The van der Waals surface area contributed by atoms with Crippen molar-refractivity contribution >= 4 is 0 Å². The van der Waals surface area contributed by atoms with E-state index >= 15 is 0 Å². The fourth-order valence-electron chi connectivity index (χ4n) is 1.83. The molecule has 90 valence electrons. The molecule has 1 N–H and O–H groups in total. The molecule has 0 aliphatic heterocycles. The van der Waals surface area contributed by atoms with Gasteiger partial charge in [0.2, 0.25) is 0 Å². The first-order valence-corrected chi connectivity index (χ1v) is 5.91. The third-order valence-corrected chi connectivity index (χ3v) is 2.66. The Hall–Kier alpha value is -0.120.